The molecule has 0 bridgehead atoms. The lowest BCUT2D eigenvalue weighted by molar-refractivity contribution is -0.384. The Labute approximate surface area is 120 Å². The molecule has 0 radical (unpaired) electrons. The Hall–Kier alpha value is -2.89. The van der Waals surface area contributed by atoms with Crippen LogP contribution in [0.15, 0.2) is 48.8 Å². The molecular weight excluding hydrogens is 270 g/mol. The van der Waals surface area contributed by atoms with Crippen LogP contribution in [0.1, 0.15) is 11.3 Å². The summed E-state index contributed by atoms with van der Waals surface area (Å²) in [5.74, 6) is 0.578. The standard InChI is InChI=1S/C15H13N3O3/c1-11-6-7-17-9-12(16-15(17)8-11)10-21-14-4-2-13(3-5-14)18(19)20/h2-9H,10H2,1H3. The van der Waals surface area contributed by atoms with Gasteiger partial charge in [0.2, 0.25) is 0 Å². The van der Waals surface area contributed by atoms with Crippen molar-refractivity contribution < 1.29 is 9.66 Å². The number of aromatic nitrogens is 2. The molecule has 6 heteroatoms. The molecule has 1 aromatic carbocycles. The van der Waals surface area contributed by atoms with Gasteiger partial charge in [-0.3, -0.25) is 10.1 Å². The fourth-order valence-electron chi connectivity index (χ4n) is 2.03. The highest BCUT2D eigenvalue weighted by atomic mass is 16.6. The van der Waals surface area contributed by atoms with Gasteiger partial charge in [-0.15, -0.1) is 0 Å². The molecule has 0 amide bonds. The zero-order valence-corrected chi connectivity index (χ0v) is 11.4. The number of rotatable bonds is 4. The maximum atomic E-state index is 10.6. The first-order chi connectivity index (χ1) is 10.1. The van der Waals surface area contributed by atoms with Crippen LogP contribution in [0.3, 0.4) is 0 Å². The van der Waals surface area contributed by atoms with Crippen LogP contribution in [-0.4, -0.2) is 14.3 Å². The van der Waals surface area contributed by atoms with Gasteiger partial charge in [0, 0.05) is 24.5 Å². The number of aryl methyl sites for hydroxylation is 1. The average Bonchev–Trinajstić information content (AvgIpc) is 2.87. The summed E-state index contributed by atoms with van der Waals surface area (Å²) in [5, 5.41) is 10.6. The van der Waals surface area contributed by atoms with Gasteiger partial charge in [-0.25, -0.2) is 4.98 Å². The van der Waals surface area contributed by atoms with Crippen LogP contribution in [-0.2, 0) is 6.61 Å². The Morgan fingerprint density at radius 1 is 1.29 bits per heavy atom. The topological polar surface area (TPSA) is 69.7 Å². The fourth-order valence-corrected chi connectivity index (χ4v) is 2.03. The third-order valence-electron chi connectivity index (χ3n) is 3.10. The second-order valence-electron chi connectivity index (χ2n) is 4.74. The molecule has 21 heavy (non-hydrogen) atoms. The highest BCUT2D eigenvalue weighted by Gasteiger charge is 2.06. The minimum absolute atomic E-state index is 0.0468. The molecule has 2 heterocycles. The molecule has 0 fully saturated rings. The van der Waals surface area contributed by atoms with Gasteiger partial charge in [-0.2, -0.15) is 0 Å². The summed E-state index contributed by atoms with van der Waals surface area (Å²) < 4.78 is 7.52. The van der Waals surface area contributed by atoms with E-state index in [0.717, 1.165) is 16.9 Å². The number of hydrogen-bond acceptors (Lipinski definition) is 4. The van der Waals surface area contributed by atoms with E-state index in [1.54, 1.807) is 12.1 Å². The fraction of sp³-hybridized carbons (Fsp3) is 0.133. The predicted molar refractivity (Wildman–Crippen MR) is 77.4 cm³/mol. The Morgan fingerprint density at radius 2 is 2.05 bits per heavy atom. The molecule has 6 nitrogen and oxygen atoms in total. The molecule has 2 aromatic heterocycles. The van der Waals surface area contributed by atoms with Gasteiger partial charge in [-0.1, -0.05) is 0 Å². The lowest BCUT2D eigenvalue weighted by Gasteiger charge is -2.03. The Kier molecular flexibility index (Phi) is 3.27. The van der Waals surface area contributed by atoms with Crippen LogP contribution in [0, 0.1) is 17.0 Å². The van der Waals surface area contributed by atoms with Gasteiger partial charge in [0.25, 0.3) is 5.69 Å². The summed E-state index contributed by atoms with van der Waals surface area (Å²) in [6.07, 6.45) is 3.85. The lowest BCUT2D eigenvalue weighted by Crippen LogP contribution is -1.95. The third-order valence-corrected chi connectivity index (χ3v) is 3.10. The van der Waals surface area contributed by atoms with Crippen molar-refractivity contribution >= 4 is 11.3 Å². The summed E-state index contributed by atoms with van der Waals surface area (Å²) >= 11 is 0. The zero-order valence-electron chi connectivity index (χ0n) is 11.4. The summed E-state index contributed by atoms with van der Waals surface area (Å²) in [5.41, 5.74) is 2.87. The lowest BCUT2D eigenvalue weighted by atomic mass is 10.3. The number of imidazole rings is 1. The second kappa shape index (κ2) is 5.24. The largest absolute Gasteiger partial charge is 0.487 e. The number of nitro benzene ring substituents is 1. The zero-order chi connectivity index (χ0) is 14.8. The van der Waals surface area contributed by atoms with E-state index in [9.17, 15) is 10.1 Å². The summed E-state index contributed by atoms with van der Waals surface area (Å²) in [6.45, 7) is 2.33. The van der Waals surface area contributed by atoms with E-state index in [-0.39, 0.29) is 5.69 Å². The van der Waals surface area contributed by atoms with Gasteiger partial charge < -0.3 is 9.14 Å². The van der Waals surface area contributed by atoms with Crippen molar-refractivity contribution in [2.45, 2.75) is 13.5 Å². The number of fused-ring (bicyclic) bond motifs is 1. The molecule has 3 aromatic rings. The minimum Gasteiger partial charge on any atom is -0.487 e. The number of pyridine rings is 1. The van der Waals surface area contributed by atoms with Crippen molar-refractivity contribution in [2.75, 3.05) is 0 Å². The normalized spacial score (nSPS) is 10.7. The molecule has 0 saturated heterocycles. The average molecular weight is 283 g/mol. The van der Waals surface area contributed by atoms with Crippen LogP contribution in [0.5, 0.6) is 5.75 Å². The highest BCUT2D eigenvalue weighted by Crippen LogP contribution is 2.18. The van der Waals surface area contributed by atoms with E-state index in [1.165, 1.54) is 12.1 Å². The first-order valence-corrected chi connectivity index (χ1v) is 6.43. The van der Waals surface area contributed by atoms with E-state index < -0.39 is 4.92 Å². The van der Waals surface area contributed by atoms with Gasteiger partial charge in [-0.05, 0) is 36.8 Å². The molecular formula is C15H13N3O3. The molecule has 0 aliphatic rings. The Balaban J connectivity index is 1.72. The maximum absolute atomic E-state index is 10.6. The van der Waals surface area contributed by atoms with Crippen molar-refractivity contribution in [1.29, 1.82) is 0 Å². The van der Waals surface area contributed by atoms with Gasteiger partial charge in [0.1, 0.15) is 18.0 Å². The van der Waals surface area contributed by atoms with Crippen LogP contribution in [0.25, 0.3) is 5.65 Å². The van der Waals surface area contributed by atoms with Crippen LogP contribution >= 0.6 is 0 Å². The number of nitro groups is 1. The molecule has 106 valence electrons. The monoisotopic (exact) mass is 283 g/mol. The number of hydrogen-bond donors (Lipinski definition) is 0. The second-order valence-corrected chi connectivity index (χ2v) is 4.74. The molecule has 0 spiro atoms. The predicted octanol–water partition coefficient (Wildman–Crippen LogP) is 3.13. The number of ether oxygens (including phenoxy) is 1. The summed E-state index contributed by atoms with van der Waals surface area (Å²) in [4.78, 5) is 14.6. The molecule has 0 aliphatic carbocycles. The molecule has 0 unspecified atom stereocenters. The maximum Gasteiger partial charge on any atom is 0.269 e. The molecule has 0 atom stereocenters. The molecule has 0 aliphatic heterocycles. The number of benzene rings is 1. The Morgan fingerprint density at radius 3 is 2.76 bits per heavy atom. The van der Waals surface area contributed by atoms with Crippen molar-refractivity contribution in [1.82, 2.24) is 9.38 Å². The van der Waals surface area contributed by atoms with E-state index >= 15 is 0 Å². The first kappa shape index (κ1) is 13.1. The van der Waals surface area contributed by atoms with Crippen molar-refractivity contribution in [3.05, 3.63) is 70.2 Å². The minimum atomic E-state index is -0.436. The van der Waals surface area contributed by atoms with Gasteiger partial charge in [0.05, 0.1) is 10.6 Å². The summed E-state index contributed by atoms with van der Waals surface area (Å²) in [7, 11) is 0. The van der Waals surface area contributed by atoms with E-state index in [0.29, 0.717) is 12.4 Å². The van der Waals surface area contributed by atoms with Crippen LogP contribution in [0.2, 0.25) is 0 Å². The van der Waals surface area contributed by atoms with Crippen molar-refractivity contribution in [3.8, 4) is 5.75 Å². The van der Waals surface area contributed by atoms with Crippen molar-refractivity contribution in [2.24, 2.45) is 0 Å². The van der Waals surface area contributed by atoms with E-state index in [1.807, 2.05) is 35.9 Å². The Bertz CT molecular complexity index is 794. The van der Waals surface area contributed by atoms with Gasteiger partial charge in [0.15, 0.2) is 0 Å². The molecule has 3 rings (SSSR count). The highest BCUT2D eigenvalue weighted by molar-refractivity contribution is 5.42. The first-order valence-electron chi connectivity index (χ1n) is 6.43. The van der Waals surface area contributed by atoms with E-state index in [4.69, 9.17) is 4.74 Å². The smallest absolute Gasteiger partial charge is 0.269 e. The third kappa shape index (κ3) is 2.84. The SMILES string of the molecule is Cc1ccn2cc(COc3ccc([N+](=O)[O-])cc3)nc2c1. The molecule has 0 saturated carbocycles. The molecule has 0 N–H and O–H groups in total. The quantitative estimate of drug-likeness (QED) is 0.545. The van der Waals surface area contributed by atoms with Gasteiger partial charge >= 0.3 is 0 Å². The summed E-state index contributed by atoms with van der Waals surface area (Å²) in [6, 6.07) is 10.0. The van der Waals surface area contributed by atoms with Crippen LogP contribution in [0.4, 0.5) is 5.69 Å². The van der Waals surface area contributed by atoms with Crippen molar-refractivity contribution in [3.63, 3.8) is 0 Å². The number of non-ortho nitro benzene ring substituents is 1. The number of nitrogens with zero attached hydrogens (tertiary/aromatic N) is 3. The van der Waals surface area contributed by atoms with E-state index in [2.05, 4.69) is 4.98 Å². The van der Waals surface area contributed by atoms with Crippen LogP contribution < -0.4 is 4.74 Å².